The molecule has 30 heavy (non-hydrogen) atoms. The largest absolute Gasteiger partial charge is 0.493 e. The van der Waals surface area contributed by atoms with Gasteiger partial charge in [-0.3, -0.25) is 4.79 Å². The van der Waals surface area contributed by atoms with Gasteiger partial charge in [0.05, 0.1) is 43.2 Å². The lowest BCUT2D eigenvalue weighted by atomic mass is 10.1. The molecular formula is C22H25F3N2O3. The molecule has 0 aromatic heterocycles. The van der Waals surface area contributed by atoms with Gasteiger partial charge in [0.15, 0.2) is 0 Å². The zero-order valence-corrected chi connectivity index (χ0v) is 17.0. The van der Waals surface area contributed by atoms with Gasteiger partial charge in [0.2, 0.25) is 5.91 Å². The highest BCUT2D eigenvalue weighted by Crippen LogP contribution is 2.35. The lowest BCUT2D eigenvalue weighted by Gasteiger charge is -2.31. The summed E-state index contributed by atoms with van der Waals surface area (Å²) in [6.45, 7) is 6.08. The predicted molar refractivity (Wildman–Crippen MR) is 109 cm³/mol. The van der Waals surface area contributed by atoms with E-state index in [9.17, 15) is 18.0 Å². The standard InChI is InChI=1S/C22H25F3N2O3/c1-15-3-6-20(16(2)13-15)30-10-7-21(28)26-18-14-17(22(23,24)25)4-5-19(18)27-8-11-29-12-9-27/h3-6,13-14H,7-12H2,1-2H3,(H,26,28). The molecule has 0 aliphatic carbocycles. The number of rotatable bonds is 6. The number of hydrogen-bond donors (Lipinski definition) is 1. The van der Waals surface area contributed by atoms with Gasteiger partial charge in [0.25, 0.3) is 0 Å². The zero-order valence-electron chi connectivity index (χ0n) is 17.0. The predicted octanol–water partition coefficient (Wildman–Crippen LogP) is 4.57. The lowest BCUT2D eigenvalue weighted by Crippen LogP contribution is -2.37. The summed E-state index contributed by atoms with van der Waals surface area (Å²) in [5.41, 5.74) is 1.96. The second-order valence-electron chi connectivity index (χ2n) is 7.24. The van der Waals surface area contributed by atoms with Crippen LogP contribution in [0.2, 0.25) is 0 Å². The minimum atomic E-state index is -4.49. The third-order valence-electron chi connectivity index (χ3n) is 4.87. The summed E-state index contributed by atoms with van der Waals surface area (Å²) in [5, 5.41) is 2.63. The minimum Gasteiger partial charge on any atom is -0.493 e. The molecule has 2 aromatic rings. The summed E-state index contributed by atoms with van der Waals surface area (Å²) in [4.78, 5) is 14.3. The Labute approximate surface area is 173 Å². The van der Waals surface area contributed by atoms with E-state index in [0.717, 1.165) is 23.3 Å². The number of aryl methyl sites for hydroxylation is 2. The summed E-state index contributed by atoms with van der Waals surface area (Å²) in [6.07, 6.45) is -4.47. The molecule has 0 unspecified atom stereocenters. The molecule has 5 nitrogen and oxygen atoms in total. The van der Waals surface area contributed by atoms with Gasteiger partial charge in [-0.25, -0.2) is 0 Å². The van der Waals surface area contributed by atoms with Crippen molar-refractivity contribution in [2.75, 3.05) is 43.1 Å². The van der Waals surface area contributed by atoms with Crippen LogP contribution in [0.25, 0.3) is 0 Å². The van der Waals surface area contributed by atoms with Crippen LogP contribution in [0, 0.1) is 13.8 Å². The lowest BCUT2D eigenvalue weighted by molar-refractivity contribution is -0.137. The first kappa shape index (κ1) is 22.0. The summed E-state index contributed by atoms with van der Waals surface area (Å²) in [7, 11) is 0. The number of nitrogens with one attached hydrogen (secondary N) is 1. The fourth-order valence-corrected chi connectivity index (χ4v) is 3.32. The molecule has 1 saturated heterocycles. The Hall–Kier alpha value is -2.74. The molecule has 162 valence electrons. The molecule has 3 rings (SSSR count). The van der Waals surface area contributed by atoms with Crippen LogP contribution in [0.4, 0.5) is 24.5 Å². The maximum atomic E-state index is 13.2. The maximum absolute atomic E-state index is 13.2. The Balaban J connectivity index is 1.68. The van der Waals surface area contributed by atoms with Gasteiger partial charge in [0.1, 0.15) is 5.75 Å². The number of benzene rings is 2. The Morgan fingerprint density at radius 2 is 1.87 bits per heavy atom. The summed E-state index contributed by atoms with van der Waals surface area (Å²) in [6, 6.07) is 9.14. The van der Waals surface area contributed by atoms with Crippen LogP contribution in [-0.2, 0) is 15.7 Å². The molecule has 1 aliphatic heterocycles. The number of amides is 1. The maximum Gasteiger partial charge on any atom is 0.416 e. The number of alkyl halides is 3. The third kappa shape index (κ3) is 5.66. The van der Waals surface area contributed by atoms with E-state index in [1.165, 1.54) is 6.07 Å². The highest BCUT2D eigenvalue weighted by molar-refractivity contribution is 5.94. The van der Waals surface area contributed by atoms with E-state index in [1.807, 2.05) is 36.9 Å². The van der Waals surface area contributed by atoms with Gasteiger partial charge in [0, 0.05) is 13.1 Å². The SMILES string of the molecule is Cc1ccc(OCCC(=O)Nc2cc(C(F)(F)F)ccc2N2CCOCC2)c(C)c1. The molecule has 1 amide bonds. The van der Waals surface area contributed by atoms with Crippen LogP contribution >= 0.6 is 0 Å². The van der Waals surface area contributed by atoms with Gasteiger partial charge in [-0.1, -0.05) is 17.7 Å². The second-order valence-corrected chi connectivity index (χ2v) is 7.24. The van der Waals surface area contributed by atoms with Crippen molar-refractivity contribution in [1.29, 1.82) is 0 Å². The summed E-state index contributed by atoms with van der Waals surface area (Å²) < 4.78 is 50.5. The number of morpholine rings is 1. The van der Waals surface area contributed by atoms with Gasteiger partial charge >= 0.3 is 6.18 Å². The van der Waals surface area contributed by atoms with Crippen molar-refractivity contribution in [2.24, 2.45) is 0 Å². The van der Waals surface area contributed by atoms with Crippen molar-refractivity contribution in [2.45, 2.75) is 26.4 Å². The number of anilines is 2. The van der Waals surface area contributed by atoms with Crippen LogP contribution in [0.3, 0.4) is 0 Å². The van der Waals surface area contributed by atoms with E-state index in [2.05, 4.69) is 5.32 Å². The first-order valence-corrected chi connectivity index (χ1v) is 9.78. The number of halogens is 3. The average Bonchev–Trinajstić information content (AvgIpc) is 2.69. The number of hydrogen-bond acceptors (Lipinski definition) is 4. The number of nitrogens with zero attached hydrogens (tertiary/aromatic N) is 1. The zero-order chi connectivity index (χ0) is 21.7. The molecule has 2 aromatic carbocycles. The van der Waals surface area contributed by atoms with Crippen LogP contribution in [0.5, 0.6) is 5.75 Å². The molecule has 1 aliphatic rings. The highest BCUT2D eigenvalue weighted by Gasteiger charge is 2.31. The second kappa shape index (κ2) is 9.38. The molecular weight excluding hydrogens is 397 g/mol. The van der Waals surface area contributed by atoms with Crippen LogP contribution < -0.4 is 15.0 Å². The van der Waals surface area contributed by atoms with Crippen molar-refractivity contribution in [1.82, 2.24) is 0 Å². The van der Waals surface area contributed by atoms with Crippen molar-refractivity contribution in [3.05, 3.63) is 53.1 Å². The van der Waals surface area contributed by atoms with E-state index in [-0.39, 0.29) is 18.7 Å². The summed E-state index contributed by atoms with van der Waals surface area (Å²) in [5.74, 6) is 0.273. The van der Waals surface area contributed by atoms with Crippen molar-refractivity contribution in [3.63, 3.8) is 0 Å². The topological polar surface area (TPSA) is 50.8 Å². The van der Waals surface area contributed by atoms with Gasteiger partial charge < -0.3 is 19.7 Å². The monoisotopic (exact) mass is 422 g/mol. The van der Waals surface area contributed by atoms with Crippen molar-refractivity contribution in [3.8, 4) is 5.75 Å². The third-order valence-corrected chi connectivity index (χ3v) is 4.87. The van der Waals surface area contributed by atoms with Crippen molar-refractivity contribution >= 4 is 17.3 Å². The molecule has 0 bridgehead atoms. The Morgan fingerprint density at radius 1 is 1.13 bits per heavy atom. The fraction of sp³-hybridized carbons (Fsp3) is 0.409. The highest BCUT2D eigenvalue weighted by atomic mass is 19.4. The van der Waals surface area contributed by atoms with Crippen LogP contribution in [-0.4, -0.2) is 38.8 Å². The number of carbonyl (C=O) groups is 1. The van der Waals surface area contributed by atoms with Gasteiger partial charge in [-0.15, -0.1) is 0 Å². The normalized spacial score (nSPS) is 14.5. The van der Waals surface area contributed by atoms with Crippen molar-refractivity contribution < 1.29 is 27.4 Å². The molecule has 0 atom stereocenters. The first-order chi connectivity index (χ1) is 14.2. The molecule has 1 heterocycles. The van der Waals surface area contributed by atoms with Crippen LogP contribution in [0.15, 0.2) is 36.4 Å². The summed E-state index contributed by atoms with van der Waals surface area (Å²) >= 11 is 0. The van der Waals surface area contributed by atoms with Crippen LogP contribution in [0.1, 0.15) is 23.1 Å². The molecule has 8 heteroatoms. The molecule has 0 radical (unpaired) electrons. The van der Waals surface area contributed by atoms with Gasteiger partial charge in [-0.05, 0) is 43.7 Å². The quantitative estimate of drug-likeness (QED) is 0.741. The smallest absolute Gasteiger partial charge is 0.416 e. The molecule has 0 saturated carbocycles. The van der Waals surface area contributed by atoms with E-state index < -0.39 is 17.6 Å². The fourth-order valence-electron chi connectivity index (χ4n) is 3.32. The van der Waals surface area contributed by atoms with E-state index >= 15 is 0 Å². The minimum absolute atomic E-state index is 0.0200. The van der Waals surface area contributed by atoms with E-state index in [4.69, 9.17) is 9.47 Å². The van der Waals surface area contributed by atoms with Gasteiger partial charge in [-0.2, -0.15) is 13.2 Å². The number of ether oxygens (including phenoxy) is 2. The number of carbonyl (C=O) groups excluding carboxylic acids is 1. The first-order valence-electron chi connectivity index (χ1n) is 9.78. The molecule has 0 spiro atoms. The Morgan fingerprint density at radius 3 is 2.53 bits per heavy atom. The molecule has 1 N–H and O–H groups in total. The van der Waals surface area contributed by atoms with E-state index in [0.29, 0.717) is 37.7 Å². The Kier molecular flexibility index (Phi) is 6.87. The molecule has 1 fully saturated rings. The average molecular weight is 422 g/mol. The Bertz CT molecular complexity index is 894. The van der Waals surface area contributed by atoms with E-state index in [1.54, 1.807) is 0 Å².